The number of nitrogens with zero attached hydrogens (tertiary/aromatic N) is 1. The van der Waals surface area contributed by atoms with E-state index >= 15 is 0 Å². The van der Waals surface area contributed by atoms with E-state index in [9.17, 15) is 14.4 Å². The van der Waals surface area contributed by atoms with Crippen molar-refractivity contribution in [2.24, 2.45) is 5.92 Å². The number of carboxylic acid groups (broad SMARTS) is 1. The van der Waals surface area contributed by atoms with Gasteiger partial charge in [0, 0.05) is 31.7 Å². The summed E-state index contributed by atoms with van der Waals surface area (Å²) in [6, 6.07) is 8.78. The summed E-state index contributed by atoms with van der Waals surface area (Å²) in [5.41, 5.74) is 0.622. The van der Waals surface area contributed by atoms with Crippen molar-refractivity contribution in [3.05, 3.63) is 35.9 Å². The van der Waals surface area contributed by atoms with Crippen LogP contribution in [0.4, 0.5) is 4.79 Å². The van der Waals surface area contributed by atoms with Crippen LogP contribution in [0, 0.1) is 5.92 Å². The first-order valence-electron chi connectivity index (χ1n) is 8.14. The highest BCUT2D eigenvalue weighted by molar-refractivity contribution is 5.94. The fourth-order valence-corrected chi connectivity index (χ4v) is 2.73. The summed E-state index contributed by atoms with van der Waals surface area (Å²) in [6.07, 6.45) is 1.74. The van der Waals surface area contributed by atoms with Crippen molar-refractivity contribution >= 4 is 17.9 Å². The summed E-state index contributed by atoms with van der Waals surface area (Å²) in [6.45, 7) is 1.86. The molecule has 1 unspecified atom stereocenters. The number of hydrogen-bond donors (Lipinski definition) is 3. The van der Waals surface area contributed by atoms with Crippen LogP contribution in [0.5, 0.6) is 0 Å². The molecule has 1 atom stereocenters. The smallest absolute Gasteiger partial charge is 0.317 e. The number of amides is 3. The summed E-state index contributed by atoms with van der Waals surface area (Å²) in [7, 11) is 0. The Balaban J connectivity index is 1.75. The van der Waals surface area contributed by atoms with Gasteiger partial charge in [0.05, 0.1) is 6.42 Å². The normalized spacial score (nSPS) is 17.2. The summed E-state index contributed by atoms with van der Waals surface area (Å²) in [5, 5.41) is 14.1. The van der Waals surface area contributed by atoms with Crippen molar-refractivity contribution in [3.8, 4) is 0 Å². The van der Waals surface area contributed by atoms with E-state index < -0.39 is 5.97 Å². The number of carbonyl (C=O) groups excluding carboxylic acids is 2. The predicted octanol–water partition coefficient (Wildman–Crippen LogP) is 1.31. The van der Waals surface area contributed by atoms with Gasteiger partial charge in [0.2, 0.25) is 0 Å². The topological polar surface area (TPSA) is 98.7 Å². The molecule has 0 aliphatic carbocycles. The number of urea groups is 1. The van der Waals surface area contributed by atoms with Crippen molar-refractivity contribution in [1.82, 2.24) is 15.5 Å². The molecule has 1 saturated heterocycles. The molecule has 1 aromatic rings. The fraction of sp³-hybridized carbons (Fsp3) is 0.471. The number of rotatable bonds is 6. The van der Waals surface area contributed by atoms with E-state index in [1.807, 2.05) is 18.2 Å². The van der Waals surface area contributed by atoms with E-state index in [-0.39, 0.29) is 30.8 Å². The van der Waals surface area contributed by atoms with E-state index in [1.165, 1.54) is 0 Å². The zero-order chi connectivity index (χ0) is 17.4. The largest absolute Gasteiger partial charge is 0.481 e. The van der Waals surface area contributed by atoms with Crippen molar-refractivity contribution in [2.75, 3.05) is 26.2 Å². The average molecular weight is 333 g/mol. The molecule has 130 valence electrons. The Kier molecular flexibility index (Phi) is 6.60. The van der Waals surface area contributed by atoms with Crippen LogP contribution in [-0.2, 0) is 4.79 Å². The van der Waals surface area contributed by atoms with Gasteiger partial charge < -0.3 is 20.6 Å². The van der Waals surface area contributed by atoms with Crippen LogP contribution in [0.15, 0.2) is 30.3 Å². The maximum absolute atomic E-state index is 12.0. The maximum Gasteiger partial charge on any atom is 0.317 e. The molecule has 3 N–H and O–H groups in total. The van der Waals surface area contributed by atoms with Crippen molar-refractivity contribution in [1.29, 1.82) is 0 Å². The highest BCUT2D eigenvalue weighted by Gasteiger charge is 2.24. The Morgan fingerprint density at radius 1 is 1.17 bits per heavy atom. The van der Waals surface area contributed by atoms with Crippen LogP contribution in [0.3, 0.4) is 0 Å². The number of piperidine rings is 1. The van der Waals surface area contributed by atoms with Gasteiger partial charge in [-0.25, -0.2) is 4.79 Å². The average Bonchev–Trinajstić information content (AvgIpc) is 2.60. The lowest BCUT2D eigenvalue weighted by Gasteiger charge is -2.32. The van der Waals surface area contributed by atoms with Gasteiger partial charge in [-0.2, -0.15) is 0 Å². The predicted molar refractivity (Wildman–Crippen MR) is 88.7 cm³/mol. The van der Waals surface area contributed by atoms with Crippen molar-refractivity contribution in [2.45, 2.75) is 19.3 Å². The first-order chi connectivity index (χ1) is 11.6. The van der Waals surface area contributed by atoms with Gasteiger partial charge in [0.15, 0.2) is 0 Å². The number of carbonyl (C=O) groups is 3. The minimum absolute atomic E-state index is 0.0872. The third-order valence-electron chi connectivity index (χ3n) is 4.01. The van der Waals surface area contributed by atoms with Gasteiger partial charge in [-0.1, -0.05) is 18.2 Å². The maximum atomic E-state index is 12.0. The molecule has 3 amide bonds. The zero-order valence-electron chi connectivity index (χ0n) is 13.5. The van der Waals surface area contributed by atoms with Crippen LogP contribution < -0.4 is 10.6 Å². The van der Waals surface area contributed by atoms with Gasteiger partial charge in [-0.15, -0.1) is 0 Å². The van der Waals surface area contributed by atoms with Crippen molar-refractivity contribution in [3.63, 3.8) is 0 Å². The molecule has 1 fully saturated rings. The van der Waals surface area contributed by atoms with Gasteiger partial charge in [-0.3, -0.25) is 9.59 Å². The number of likely N-dealkylation sites (tertiary alicyclic amines) is 1. The first-order valence-corrected chi connectivity index (χ1v) is 8.14. The lowest BCUT2D eigenvalue weighted by atomic mass is 9.98. The Bertz CT molecular complexity index is 576. The lowest BCUT2D eigenvalue weighted by Crippen LogP contribution is -2.48. The summed E-state index contributed by atoms with van der Waals surface area (Å²) >= 11 is 0. The fourth-order valence-electron chi connectivity index (χ4n) is 2.73. The first kappa shape index (κ1) is 17.8. The molecule has 0 spiro atoms. The molecule has 0 aromatic heterocycles. The Morgan fingerprint density at radius 2 is 1.92 bits per heavy atom. The highest BCUT2D eigenvalue weighted by atomic mass is 16.4. The number of carboxylic acids is 1. The van der Waals surface area contributed by atoms with E-state index in [0.717, 1.165) is 12.8 Å². The second kappa shape index (κ2) is 8.90. The van der Waals surface area contributed by atoms with Crippen LogP contribution >= 0.6 is 0 Å². The van der Waals surface area contributed by atoms with Crippen LogP contribution in [0.2, 0.25) is 0 Å². The van der Waals surface area contributed by atoms with Gasteiger partial charge in [0.1, 0.15) is 0 Å². The van der Waals surface area contributed by atoms with Gasteiger partial charge >= 0.3 is 12.0 Å². The van der Waals surface area contributed by atoms with Gasteiger partial charge in [0.25, 0.3) is 5.91 Å². The monoisotopic (exact) mass is 333 g/mol. The van der Waals surface area contributed by atoms with Crippen molar-refractivity contribution < 1.29 is 19.5 Å². The molecule has 1 aliphatic heterocycles. The molecule has 1 aliphatic rings. The highest BCUT2D eigenvalue weighted by Crippen LogP contribution is 2.16. The molecule has 1 aromatic carbocycles. The Hall–Kier alpha value is -2.57. The van der Waals surface area contributed by atoms with E-state index in [4.69, 9.17) is 5.11 Å². The van der Waals surface area contributed by atoms with Crippen LogP contribution in [0.25, 0.3) is 0 Å². The molecule has 0 bridgehead atoms. The third-order valence-corrected chi connectivity index (χ3v) is 4.01. The Morgan fingerprint density at radius 3 is 2.62 bits per heavy atom. The molecule has 0 saturated carbocycles. The van der Waals surface area contributed by atoms with E-state index in [0.29, 0.717) is 25.2 Å². The molecular formula is C17H23N3O4. The number of benzene rings is 1. The summed E-state index contributed by atoms with van der Waals surface area (Å²) in [5.74, 6) is -0.842. The molecule has 24 heavy (non-hydrogen) atoms. The van der Waals surface area contributed by atoms with Crippen LogP contribution in [0.1, 0.15) is 29.6 Å². The quantitative estimate of drug-likeness (QED) is 0.731. The minimum atomic E-state index is -0.935. The van der Waals surface area contributed by atoms with E-state index in [2.05, 4.69) is 10.6 Å². The second-order valence-corrected chi connectivity index (χ2v) is 5.91. The van der Waals surface area contributed by atoms with Gasteiger partial charge in [-0.05, 0) is 30.9 Å². The molecular weight excluding hydrogens is 310 g/mol. The minimum Gasteiger partial charge on any atom is -0.481 e. The molecule has 1 heterocycles. The van der Waals surface area contributed by atoms with Crippen LogP contribution in [-0.4, -0.2) is 54.1 Å². The molecule has 0 radical (unpaired) electrons. The SMILES string of the molecule is O=C(O)CCNC(=O)N1CCCC(CNC(=O)c2ccccc2)C1. The molecule has 7 nitrogen and oxygen atoms in total. The second-order valence-electron chi connectivity index (χ2n) is 5.91. The number of aliphatic carboxylic acids is 1. The lowest BCUT2D eigenvalue weighted by molar-refractivity contribution is -0.136. The number of hydrogen-bond acceptors (Lipinski definition) is 3. The number of nitrogens with one attached hydrogen (secondary N) is 2. The Labute approximate surface area is 141 Å². The summed E-state index contributed by atoms with van der Waals surface area (Å²) < 4.78 is 0. The summed E-state index contributed by atoms with van der Waals surface area (Å²) in [4.78, 5) is 36.2. The molecule has 2 rings (SSSR count). The standard InChI is InChI=1S/C17H23N3O4/c21-15(22)8-9-18-17(24)20-10-4-5-13(12-20)11-19-16(23)14-6-2-1-3-7-14/h1-3,6-7,13H,4-5,8-12H2,(H,18,24)(H,19,23)(H,21,22). The third kappa shape index (κ3) is 5.57. The van der Waals surface area contributed by atoms with E-state index in [1.54, 1.807) is 17.0 Å². The molecule has 7 heteroatoms. The zero-order valence-corrected chi connectivity index (χ0v) is 13.5.